The Hall–Kier alpha value is -5.86. The van der Waals surface area contributed by atoms with Crippen molar-refractivity contribution in [3.63, 3.8) is 0 Å². The van der Waals surface area contributed by atoms with Crippen LogP contribution in [0, 0.1) is 0 Å². The molecule has 0 unspecified atom stereocenters. The third kappa shape index (κ3) is 3.63. The summed E-state index contributed by atoms with van der Waals surface area (Å²) >= 11 is 0. The van der Waals surface area contributed by atoms with Gasteiger partial charge in [0.15, 0.2) is 0 Å². The van der Waals surface area contributed by atoms with E-state index in [1.165, 1.54) is 76.6 Å². The van der Waals surface area contributed by atoms with Crippen LogP contribution in [0.2, 0.25) is 0 Å². The molecule has 7 aromatic carbocycles. The van der Waals surface area contributed by atoms with Crippen LogP contribution in [0.25, 0.3) is 88.1 Å². The van der Waals surface area contributed by atoms with Crippen LogP contribution >= 0.6 is 0 Å². The van der Waals surface area contributed by atoms with Crippen molar-refractivity contribution in [2.75, 3.05) is 0 Å². The zero-order chi connectivity index (χ0) is 29.5. The van der Waals surface area contributed by atoms with Crippen LogP contribution in [0.5, 0.6) is 0 Å². The van der Waals surface area contributed by atoms with Crippen molar-refractivity contribution < 1.29 is 0 Å². The van der Waals surface area contributed by atoms with Crippen molar-refractivity contribution in [1.29, 1.82) is 0 Å². The Kier molecular flexibility index (Phi) is 5.09. The highest BCUT2D eigenvalue weighted by Crippen LogP contribution is 2.47. The Bertz CT molecular complexity index is 2600. The van der Waals surface area contributed by atoms with Crippen LogP contribution in [0.1, 0.15) is 11.1 Å². The summed E-state index contributed by atoms with van der Waals surface area (Å²) in [4.78, 5) is 7.70. The first-order chi connectivity index (χ1) is 22.3. The summed E-state index contributed by atoms with van der Waals surface area (Å²) < 4.78 is 0. The summed E-state index contributed by atoms with van der Waals surface area (Å²) in [6.45, 7) is 0. The minimum atomic E-state index is 0.951. The lowest BCUT2D eigenvalue weighted by molar-refractivity contribution is 1.26. The zero-order valence-electron chi connectivity index (χ0n) is 24.6. The van der Waals surface area contributed by atoms with Gasteiger partial charge in [-0.3, -0.25) is 0 Å². The Balaban J connectivity index is 1.30. The summed E-state index contributed by atoms with van der Waals surface area (Å²) in [6.07, 6.45) is 0.951. The molecule has 0 aliphatic heterocycles. The summed E-state index contributed by atoms with van der Waals surface area (Å²) in [5, 5.41) is 8.71. The van der Waals surface area contributed by atoms with Crippen LogP contribution < -0.4 is 0 Å². The molecule has 1 aliphatic rings. The third-order valence-electron chi connectivity index (χ3n) is 9.79. The van der Waals surface area contributed by atoms with Gasteiger partial charge in [-0.1, -0.05) is 121 Å². The largest absolute Gasteiger partial charge is 0.353 e. The molecule has 1 aliphatic carbocycles. The molecule has 210 valence electrons. The van der Waals surface area contributed by atoms with Gasteiger partial charge in [-0.2, -0.15) is 0 Å². The monoisotopic (exact) mass is 572 g/mol. The van der Waals surface area contributed by atoms with Gasteiger partial charge in [0.1, 0.15) is 0 Å². The van der Waals surface area contributed by atoms with Crippen molar-refractivity contribution in [3.8, 4) is 44.9 Å². The van der Waals surface area contributed by atoms with Crippen LogP contribution in [0.15, 0.2) is 146 Å². The van der Waals surface area contributed by atoms with E-state index < -0.39 is 0 Å². The maximum absolute atomic E-state index is 3.99. The molecule has 0 spiro atoms. The maximum Gasteiger partial charge on any atom is 0.0704 e. The number of benzene rings is 7. The normalized spacial score (nSPS) is 12.4. The third-order valence-corrected chi connectivity index (χ3v) is 9.79. The molecule has 2 nitrogen and oxygen atoms in total. The van der Waals surface area contributed by atoms with Gasteiger partial charge in [0.25, 0.3) is 0 Å². The fraction of sp³-hybridized carbons (Fsp3) is 0.0233. The highest BCUT2D eigenvalue weighted by atomic mass is 14.8. The molecular formula is C43H28N2. The molecule has 0 fully saturated rings. The average Bonchev–Trinajstić information content (AvgIpc) is 3.80. The molecule has 2 aromatic heterocycles. The predicted molar refractivity (Wildman–Crippen MR) is 190 cm³/mol. The first-order valence-electron chi connectivity index (χ1n) is 15.7. The highest BCUT2D eigenvalue weighted by molar-refractivity contribution is 6.16. The van der Waals surface area contributed by atoms with Crippen LogP contribution in [0.4, 0.5) is 0 Å². The number of rotatable bonds is 3. The summed E-state index contributed by atoms with van der Waals surface area (Å²) in [6, 6.07) is 53.3. The quantitative estimate of drug-likeness (QED) is 0.197. The van der Waals surface area contributed by atoms with E-state index in [9.17, 15) is 0 Å². The molecule has 0 saturated carbocycles. The second-order valence-electron chi connectivity index (χ2n) is 12.3. The molecule has 0 radical (unpaired) electrons. The molecule has 10 rings (SSSR count). The van der Waals surface area contributed by atoms with Gasteiger partial charge in [-0.25, -0.2) is 0 Å². The Labute approximate surface area is 260 Å². The number of hydrogen-bond acceptors (Lipinski definition) is 0. The molecule has 0 amide bonds. The number of para-hydroxylation sites is 1. The molecule has 45 heavy (non-hydrogen) atoms. The molecule has 9 aromatic rings. The average molecular weight is 573 g/mol. The molecule has 2 heterocycles. The van der Waals surface area contributed by atoms with Gasteiger partial charge in [0.2, 0.25) is 0 Å². The molecule has 0 bridgehead atoms. The molecule has 2 N–H and O–H groups in total. The second-order valence-corrected chi connectivity index (χ2v) is 12.3. The molecule has 0 atom stereocenters. The Morgan fingerprint density at radius 1 is 0.400 bits per heavy atom. The number of aromatic amines is 2. The number of nitrogens with one attached hydrogen (secondary N) is 2. The second kappa shape index (κ2) is 9.32. The predicted octanol–water partition coefficient (Wildman–Crippen LogP) is 11.5. The SMILES string of the molecule is c1ccc2c(c1)Cc1c-2cccc1-c1cccc2c(-c3cc4ccccc4[nH]3)[nH]c(-c3cccc4cc5ccccc5cc34)c12. The van der Waals surface area contributed by atoms with Crippen molar-refractivity contribution in [2.45, 2.75) is 6.42 Å². The lowest BCUT2D eigenvalue weighted by Gasteiger charge is -2.13. The van der Waals surface area contributed by atoms with Crippen LogP contribution in [0.3, 0.4) is 0 Å². The minimum Gasteiger partial charge on any atom is -0.353 e. The summed E-state index contributed by atoms with van der Waals surface area (Å²) in [5.74, 6) is 0. The number of fused-ring (bicyclic) bond motifs is 7. The van der Waals surface area contributed by atoms with Gasteiger partial charge < -0.3 is 9.97 Å². The van der Waals surface area contributed by atoms with Gasteiger partial charge in [0, 0.05) is 27.2 Å². The number of hydrogen-bond donors (Lipinski definition) is 2. The van der Waals surface area contributed by atoms with E-state index in [0.29, 0.717) is 0 Å². The van der Waals surface area contributed by atoms with E-state index >= 15 is 0 Å². The highest BCUT2D eigenvalue weighted by Gasteiger charge is 2.25. The number of aromatic nitrogens is 2. The van der Waals surface area contributed by atoms with Crippen molar-refractivity contribution in [2.24, 2.45) is 0 Å². The van der Waals surface area contributed by atoms with Crippen LogP contribution in [-0.4, -0.2) is 9.97 Å². The minimum absolute atomic E-state index is 0.951. The fourth-order valence-electron chi connectivity index (χ4n) is 7.73. The lowest BCUT2D eigenvalue weighted by Crippen LogP contribution is -1.90. The lowest BCUT2D eigenvalue weighted by atomic mass is 9.90. The summed E-state index contributed by atoms with van der Waals surface area (Å²) in [5.41, 5.74) is 13.8. The smallest absolute Gasteiger partial charge is 0.0704 e. The van der Waals surface area contributed by atoms with Crippen molar-refractivity contribution in [1.82, 2.24) is 9.97 Å². The molecular weight excluding hydrogens is 544 g/mol. The van der Waals surface area contributed by atoms with E-state index in [4.69, 9.17) is 0 Å². The molecule has 0 saturated heterocycles. The van der Waals surface area contributed by atoms with Gasteiger partial charge in [-0.05, 0) is 85.6 Å². The summed E-state index contributed by atoms with van der Waals surface area (Å²) in [7, 11) is 0. The zero-order valence-corrected chi connectivity index (χ0v) is 24.6. The first-order valence-corrected chi connectivity index (χ1v) is 15.7. The fourth-order valence-corrected chi connectivity index (χ4v) is 7.73. The van der Waals surface area contributed by atoms with E-state index in [1.54, 1.807) is 0 Å². The number of H-pyrrole nitrogens is 2. The Morgan fingerprint density at radius 2 is 1.04 bits per heavy atom. The maximum atomic E-state index is 3.99. The Morgan fingerprint density at radius 3 is 1.93 bits per heavy atom. The van der Waals surface area contributed by atoms with E-state index in [-0.39, 0.29) is 0 Å². The van der Waals surface area contributed by atoms with Crippen LogP contribution in [-0.2, 0) is 6.42 Å². The molecule has 2 heteroatoms. The van der Waals surface area contributed by atoms with Gasteiger partial charge >= 0.3 is 0 Å². The van der Waals surface area contributed by atoms with E-state index in [1.807, 2.05) is 0 Å². The standard InChI is InChI=1S/C43H28N2/c1-2-11-27-23-37-28(22-26(27)10-1)14-7-19-35(37)43-41-34(33-17-8-16-32-31-15-5-3-12-29(31)24-38(32)33)18-9-20-36(41)42(45-43)40-25-30-13-4-6-21-39(30)44-40/h1-23,25,44-45H,24H2. The van der Waals surface area contributed by atoms with E-state index in [2.05, 4.69) is 156 Å². The van der Waals surface area contributed by atoms with E-state index in [0.717, 1.165) is 29.0 Å². The van der Waals surface area contributed by atoms with Crippen molar-refractivity contribution in [3.05, 3.63) is 157 Å². The van der Waals surface area contributed by atoms with Crippen molar-refractivity contribution >= 4 is 43.2 Å². The van der Waals surface area contributed by atoms with Gasteiger partial charge in [-0.15, -0.1) is 0 Å². The van der Waals surface area contributed by atoms with Gasteiger partial charge in [0.05, 0.1) is 17.1 Å². The topological polar surface area (TPSA) is 31.6 Å². The first kappa shape index (κ1) is 24.6.